The van der Waals surface area contributed by atoms with Crippen LogP contribution in [-0.4, -0.2) is 57.4 Å². The van der Waals surface area contributed by atoms with Crippen LogP contribution in [0.25, 0.3) is 10.8 Å². The largest absolute Gasteiger partial charge is 0.449 e. The van der Waals surface area contributed by atoms with E-state index < -0.39 is 12.2 Å². The lowest BCUT2D eigenvalue weighted by atomic mass is 10.2. The second kappa shape index (κ2) is 12.8. The first-order valence-corrected chi connectivity index (χ1v) is 10.1. The molecular weight excluding hydrogens is 414 g/mol. The van der Waals surface area contributed by atoms with Crippen molar-refractivity contribution in [1.29, 1.82) is 0 Å². The highest BCUT2D eigenvalue weighted by molar-refractivity contribution is 5.90. The molecule has 0 fully saturated rings. The number of aliphatic hydroxyl groups is 1. The molecule has 2 aromatic heterocycles. The number of anilines is 3. The van der Waals surface area contributed by atoms with Gasteiger partial charge in [0.05, 0.1) is 18.9 Å². The molecule has 0 saturated carbocycles. The fourth-order valence-electron chi connectivity index (χ4n) is 2.68. The molecule has 0 aliphatic rings. The third-order valence-electron chi connectivity index (χ3n) is 4.12. The van der Waals surface area contributed by atoms with Crippen molar-refractivity contribution in [2.75, 3.05) is 35.4 Å². The maximum Gasteiger partial charge on any atom is 0.425 e. The van der Waals surface area contributed by atoms with Crippen molar-refractivity contribution < 1.29 is 14.6 Å². The van der Waals surface area contributed by atoms with Gasteiger partial charge in [-0.2, -0.15) is 5.10 Å². The number of nitrogen functional groups attached to an aromatic ring is 1. The summed E-state index contributed by atoms with van der Waals surface area (Å²) in [6, 6.07) is 11.2. The lowest BCUT2D eigenvalue weighted by Crippen LogP contribution is -2.32. The summed E-state index contributed by atoms with van der Waals surface area (Å²) in [5, 5.41) is 27.0. The van der Waals surface area contributed by atoms with Crippen LogP contribution in [0, 0.1) is 0 Å². The first-order chi connectivity index (χ1) is 15.5. The molecule has 6 N–H and O–H groups in total. The van der Waals surface area contributed by atoms with Crippen LogP contribution >= 0.6 is 0 Å². The lowest BCUT2D eigenvalue weighted by Gasteiger charge is -2.22. The summed E-state index contributed by atoms with van der Waals surface area (Å²) in [5.74, 6) is 6.93. The van der Waals surface area contributed by atoms with Crippen molar-refractivity contribution in [3.63, 3.8) is 0 Å². The molecule has 12 heteroatoms. The van der Waals surface area contributed by atoms with E-state index in [2.05, 4.69) is 41.4 Å². The Morgan fingerprint density at radius 3 is 2.59 bits per heavy atom. The van der Waals surface area contributed by atoms with Gasteiger partial charge in [0, 0.05) is 23.9 Å². The molecule has 12 nitrogen and oxygen atoms in total. The van der Waals surface area contributed by atoms with E-state index >= 15 is 0 Å². The summed E-state index contributed by atoms with van der Waals surface area (Å²) in [4.78, 5) is 13.0. The number of aliphatic hydroxyl groups excluding tert-OH is 1. The molecule has 1 amide bonds. The fraction of sp³-hybridized carbons (Fsp3) is 0.350. The minimum atomic E-state index is -0.581. The predicted octanol–water partition coefficient (Wildman–Crippen LogP) is 1.67. The van der Waals surface area contributed by atoms with Crippen LogP contribution < -0.4 is 27.0 Å². The standard InChI is InChI=1S/C12H21N5O3.C8H8N4/c1-4-17(8-9(3)18)11-7-6-10(13-15-11)14-16-12(19)20-5-2;9-11-8-7-4-2-1-3-6(7)5-10-12-8/h6-7,9,18H,4-5,8H2,1-3H3,(H,13,14)(H,16,19);1-5H,9H2,(H,11,12). The van der Waals surface area contributed by atoms with Gasteiger partial charge in [0.15, 0.2) is 17.5 Å². The Labute approximate surface area is 186 Å². The summed E-state index contributed by atoms with van der Waals surface area (Å²) in [7, 11) is 0. The van der Waals surface area contributed by atoms with Crippen molar-refractivity contribution >= 4 is 34.3 Å². The second-order valence-corrected chi connectivity index (χ2v) is 6.56. The third-order valence-corrected chi connectivity index (χ3v) is 4.12. The average Bonchev–Trinajstić information content (AvgIpc) is 2.81. The first kappa shape index (κ1) is 24.5. The molecule has 32 heavy (non-hydrogen) atoms. The van der Waals surface area contributed by atoms with Crippen LogP contribution in [0.5, 0.6) is 0 Å². The van der Waals surface area contributed by atoms with E-state index in [1.807, 2.05) is 36.1 Å². The Balaban J connectivity index is 0.000000255. The zero-order valence-electron chi connectivity index (χ0n) is 18.3. The Morgan fingerprint density at radius 1 is 1.19 bits per heavy atom. The number of likely N-dealkylation sites (N-methyl/N-ethyl adjacent to an activating group) is 1. The number of carbonyl (C=O) groups is 1. The maximum absolute atomic E-state index is 11.1. The number of hydrogen-bond donors (Lipinski definition) is 5. The number of rotatable bonds is 8. The number of fused-ring (bicyclic) bond motifs is 1. The molecule has 172 valence electrons. The highest BCUT2D eigenvalue weighted by Crippen LogP contribution is 2.17. The van der Waals surface area contributed by atoms with E-state index in [4.69, 9.17) is 5.84 Å². The van der Waals surface area contributed by atoms with Gasteiger partial charge in [-0.05, 0) is 32.9 Å². The van der Waals surface area contributed by atoms with Gasteiger partial charge >= 0.3 is 6.09 Å². The molecule has 0 aliphatic heterocycles. The minimum Gasteiger partial charge on any atom is -0.449 e. The zero-order chi connectivity index (χ0) is 23.3. The van der Waals surface area contributed by atoms with Crippen molar-refractivity contribution in [1.82, 2.24) is 25.8 Å². The maximum atomic E-state index is 11.1. The second-order valence-electron chi connectivity index (χ2n) is 6.56. The van der Waals surface area contributed by atoms with Gasteiger partial charge in [0.1, 0.15) is 0 Å². The Bertz CT molecular complexity index is 965. The smallest absolute Gasteiger partial charge is 0.425 e. The molecule has 3 rings (SSSR count). The Hall–Kier alpha value is -3.77. The van der Waals surface area contributed by atoms with Gasteiger partial charge in [0.2, 0.25) is 0 Å². The Kier molecular flexibility index (Phi) is 9.81. The van der Waals surface area contributed by atoms with E-state index in [1.165, 1.54) is 0 Å². The quantitative estimate of drug-likeness (QED) is 0.254. The van der Waals surface area contributed by atoms with E-state index in [9.17, 15) is 9.90 Å². The molecule has 0 aliphatic carbocycles. The molecule has 0 bridgehead atoms. The van der Waals surface area contributed by atoms with Gasteiger partial charge in [-0.25, -0.2) is 16.1 Å². The molecule has 1 unspecified atom stereocenters. The van der Waals surface area contributed by atoms with E-state index in [-0.39, 0.29) is 0 Å². The summed E-state index contributed by atoms with van der Waals surface area (Å²) < 4.78 is 4.69. The number of nitrogens with zero attached hydrogens (tertiary/aromatic N) is 5. The third kappa shape index (κ3) is 7.49. The van der Waals surface area contributed by atoms with Crippen molar-refractivity contribution in [2.45, 2.75) is 26.9 Å². The normalized spacial score (nSPS) is 11.0. The molecule has 0 spiro atoms. The van der Waals surface area contributed by atoms with E-state index in [0.717, 1.165) is 10.8 Å². The van der Waals surface area contributed by atoms with E-state index in [0.29, 0.717) is 37.1 Å². The van der Waals surface area contributed by atoms with Gasteiger partial charge in [-0.15, -0.1) is 15.3 Å². The number of carbonyl (C=O) groups excluding carboxylic acids is 1. The Morgan fingerprint density at radius 2 is 1.97 bits per heavy atom. The number of hydrogen-bond acceptors (Lipinski definition) is 11. The van der Waals surface area contributed by atoms with Gasteiger partial charge in [-0.1, -0.05) is 24.3 Å². The molecule has 0 radical (unpaired) electrons. The summed E-state index contributed by atoms with van der Waals surface area (Å²) in [6.07, 6.45) is 0.679. The number of ether oxygens (including phenoxy) is 1. The summed E-state index contributed by atoms with van der Waals surface area (Å²) in [5.41, 5.74) is 7.41. The number of hydrazine groups is 2. The number of amides is 1. The number of aromatic nitrogens is 4. The molecular formula is C20H29N9O3. The fourth-order valence-corrected chi connectivity index (χ4v) is 2.68. The van der Waals surface area contributed by atoms with Crippen LogP contribution in [-0.2, 0) is 4.74 Å². The van der Waals surface area contributed by atoms with Crippen LogP contribution in [0.15, 0.2) is 42.6 Å². The van der Waals surface area contributed by atoms with E-state index in [1.54, 1.807) is 32.2 Å². The van der Waals surface area contributed by atoms with Crippen LogP contribution in [0.4, 0.5) is 22.2 Å². The van der Waals surface area contributed by atoms with Crippen molar-refractivity contribution in [3.05, 3.63) is 42.6 Å². The van der Waals surface area contributed by atoms with Crippen molar-refractivity contribution in [2.24, 2.45) is 5.84 Å². The minimum absolute atomic E-state index is 0.295. The number of nitrogens with one attached hydrogen (secondary N) is 3. The SMILES string of the molecule is CCOC(=O)NNc1ccc(N(CC)CC(C)O)nn1.NNc1nncc2ccccc12. The van der Waals surface area contributed by atoms with Gasteiger partial charge in [-0.3, -0.25) is 5.43 Å². The van der Waals surface area contributed by atoms with Crippen LogP contribution in [0.3, 0.4) is 0 Å². The van der Waals surface area contributed by atoms with Crippen molar-refractivity contribution in [3.8, 4) is 0 Å². The molecule has 1 atom stereocenters. The van der Waals surface area contributed by atoms with Gasteiger partial charge in [0.25, 0.3) is 0 Å². The summed E-state index contributed by atoms with van der Waals surface area (Å²) in [6.45, 7) is 6.90. The summed E-state index contributed by atoms with van der Waals surface area (Å²) >= 11 is 0. The molecule has 0 saturated heterocycles. The molecule has 2 heterocycles. The molecule has 3 aromatic rings. The topological polar surface area (TPSA) is 163 Å². The molecule has 1 aromatic carbocycles. The average molecular weight is 444 g/mol. The van der Waals surface area contributed by atoms with Crippen LogP contribution in [0.2, 0.25) is 0 Å². The monoisotopic (exact) mass is 443 g/mol. The van der Waals surface area contributed by atoms with Gasteiger partial charge < -0.3 is 20.2 Å². The zero-order valence-corrected chi connectivity index (χ0v) is 18.3. The predicted molar refractivity (Wildman–Crippen MR) is 123 cm³/mol. The number of nitrogens with two attached hydrogens (primary N) is 1. The first-order valence-electron chi connectivity index (χ1n) is 10.1. The lowest BCUT2D eigenvalue weighted by molar-refractivity contribution is 0.154. The van der Waals surface area contributed by atoms with Crippen LogP contribution in [0.1, 0.15) is 20.8 Å². The number of benzene rings is 1. The highest BCUT2D eigenvalue weighted by atomic mass is 16.5. The highest BCUT2D eigenvalue weighted by Gasteiger charge is 2.09.